The first-order valence-electron chi connectivity index (χ1n) is 11.1. The lowest BCUT2D eigenvalue weighted by Crippen LogP contribution is -2.37. The Morgan fingerprint density at radius 3 is 2.00 bits per heavy atom. The summed E-state index contributed by atoms with van der Waals surface area (Å²) in [6, 6.07) is 0. The highest BCUT2D eigenvalue weighted by molar-refractivity contribution is 5.90. The van der Waals surface area contributed by atoms with E-state index in [1.807, 2.05) is 0 Å². The molecule has 0 aliphatic carbocycles. The van der Waals surface area contributed by atoms with Crippen molar-refractivity contribution in [2.45, 2.75) is 103 Å². The van der Waals surface area contributed by atoms with Gasteiger partial charge in [-0.15, -0.1) is 0 Å². The van der Waals surface area contributed by atoms with Crippen LogP contribution in [-0.2, 0) is 28.6 Å². The number of aliphatic hydroxyl groups is 2. The van der Waals surface area contributed by atoms with E-state index in [0.29, 0.717) is 12.8 Å². The number of unbranched alkanes of at least 4 members (excludes halogenated alkanes) is 8. The highest BCUT2D eigenvalue weighted by Gasteiger charge is 2.44. The van der Waals surface area contributed by atoms with Crippen LogP contribution in [0.4, 0.5) is 0 Å². The van der Waals surface area contributed by atoms with Crippen LogP contribution in [0.2, 0.25) is 0 Å². The van der Waals surface area contributed by atoms with E-state index in [2.05, 4.69) is 13.8 Å². The summed E-state index contributed by atoms with van der Waals surface area (Å²) in [5.74, 6) is -3.49. The Kier molecular flexibility index (Phi) is 12.8. The molecular weight excluding hydrogens is 392 g/mol. The molecule has 1 aliphatic rings. The van der Waals surface area contributed by atoms with Gasteiger partial charge in [0.15, 0.2) is 6.10 Å². The van der Waals surface area contributed by atoms with Crippen LogP contribution in [0.5, 0.6) is 0 Å². The van der Waals surface area contributed by atoms with Gasteiger partial charge in [0.2, 0.25) is 17.6 Å². The molecule has 0 fully saturated rings. The number of carbonyl (C=O) groups excluding carboxylic acids is 3. The average Bonchev–Trinajstić information content (AvgIpc) is 3.00. The van der Waals surface area contributed by atoms with Crippen molar-refractivity contribution in [3.63, 3.8) is 0 Å². The third kappa shape index (κ3) is 9.15. The van der Waals surface area contributed by atoms with Gasteiger partial charge in [-0.3, -0.25) is 9.59 Å². The van der Waals surface area contributed by atoms with E-state index in [4.69, 9.17) is 14.2 Å². The Morgan fingerprint density at radius 1 is 0.933 bits per heavy atom. The Morgan fingerprint density at radius 2 is 1.47 bits per heavy atom. The van der Waals surface area contributed by atoms with E-state index in [1.54, 1.807) is 0 Å². The van der Waals surface area contributed by atoms with Gasteiger partial charge in [0.25, 0.3) is 0 Å². The van der Waals surface area contributed by atoms with Gasteiger partial charge in [-0.2, -0.15) is 0 Å². The minimum absolute atomic E-state index is 0.128. The Balaban J connectivity index is 2.58. The first-order chi connectivity index (χ1) is 14.4. The SMILES string of the molecule is CCCCCCCC(=O)OC1=C(O)C(=O)O[C@@H]1[C@H](CO)OC(=O)CCCCCCC. The maximum absolute atomic E-state index is 12.1. The summed E-state index contributed by atoms with van der Waals surface area (Å²) >= 11 is 0. The second kappa shape index (κ2) is 14.8. The maximum Gasteiger partial charge on any atom is 0.378 e. The van der Waals surface area contributed by atoms with E-state index in [0.717, 1.165) is 51.4 Å². The van der Waals surface area contributed by atoms with Crippen LogP contribution in [0.1, 0.15) is 90.9 Å². The molecule has 2 atom stereocenters. The molecule has 0 aromatic carbocycles. The Labute approximate surface area is 178 Å². The van der Waals surface area contributed by atoms with Crippen molar-refractivity contribution < 1.29 is 38.8 Å². The van der Waals surface area contributed by atoms with Crippen LogP contribution in [-0.4, -0.2) is 46.9 Å². The van der Waals surface area contributed by atoms with Crippen LogP contribution >= 0.6 is 0 Å². The molecule has 0 spiro atoms. The summed E-state index contributed by atoms with van der Waals surface area (Å²) in [7, 11) is 0. The molecule has 0 saturated carbocycles. The monoisotopic (exact) mass is 428 g/mol. The highest BCUT2D eigenvalue weighted by Crippen LogP contribution is 2.27. The molecule has 30 heavy (non-hydrogen) atoms. The first kappa shape index (κ1) is 25.9. The number of hydrogen-bond donors (Lipinski definition) is 2. The van der Waals surface area contributed by atoms with Crippen LogP contribution in [0.3, 0.4) is 0 Å². The number of ether oxygens (including phenoxy) is 3. The number of esters is 3. The fraction of sp³-hybridized carbons (Fsp3) is 0.773. The quantitative estimate of drug-likeness (QED) is 0.216. The van der Waals surface area contributed by atoms with Crippen molar-refractivity contribution in [1.29, 1.82) is 0 Å². The minimum Gasteiger partial charge on any atom is -0.499 e. The van der Waals surface area contributed by atoms with Gasteiger partial charge in [0.1, 0.15) is 0 Å². The normalized spacial score (nSPS) is 17.0. The summed E-state index contributed by atoms with van der Waals surface area (Å²) in [5.41, 5.74) is 0. The van der Waals surface area contributed by atoms with E-state index in [1.165, 1.54) is 0 Å². The fourth-order valence-corrected chi connectivity index (χ4v) is 3.15. The molecule has 2 N–H and O–H groups in total. The number of carbonyl (C=O) groups is 3. The lowest BCUT2D eigenvalue weighted by atomic mass is 10.1. The molecule has 0 radical (unpaired) electrons. The number of aliphatic hydroxyl groups excluding tert-OH is 2. The van der Waals surface area contributed by atoms with Gasteiger partial charge < -0.3 is 24.4 Å². The Hall–Kier alpha value is -2.09. The van der Waals surface area contributed by atoms with Gasteiger partial charge in [0.05, 0.1) is 6.61 Å². The molecule has 0 amide bonds. The fourth-order valence-electron chi connectivity index (χ4n) is 3.15. The second-order valence-corrected chi connectivity index (χ2v) is 7.55. The summed E-state index contributed by atoms with van der Waals surface area (Å²) < 4.78 is 15.3. The molecule has 1 aliphatic heterocycles. The molecule has 0 aromatic heterocycles. The van der Waals surface area contributed by atoms with Gasteiger partial charge in [0, 0.05) is 12.8 Å². The highest BCUT2D eigenvalue weighted by atomic mass is 16.6. The lowest BCUT2D eigenvalue weighted by molar-refractivity contribution is -0.166. The first-order valence-corrected chi connectivity index (χ1v) is 11.1. The van der Waals surface area contributed by atoms with Crippen molar-refractivity contribution in [1.82, 2.24) is 0 Å². The summed E-state index contributed by atoms with van der Waals surface area (Å²) in [5, 5.41) is 19.5. The summed E-state index contributed by atoms with van der Waals surface area (Å²) in [6.45, 7) is 3.55. The molecule has 8 nitrogen and oxygen atoms in total. The van der Waals surface area contributed by atoms with Crippen molar-refractivity contribution in [2.75, 3.05) is 6.61 Å². The van der Waals surface area contributed by atoms with Gasteiger partial charge in [-0.1, -0.05) is 65.2 Å². The molecule has 0 bridgehead atoms. The molecule has 1 rings (SSSR count). The van der Waals surface area contributed by atoms with Gasteiger partial charge in [-0.05, 0) is 12.8 Å². The van der Waals surface area contributed by atoms with Crippen molar-refractivity contribution in [3.05, 3.63) is 11.5 Å². The largest absolute Gasteiger partial charge is 0.499 e. The van der Waals surface area contributed by atoms with Crippen LogP contribution in [0.15, 0.2) is 11.5 Å². The predicted molar refractivity (Wildman–Crippen MR) is 109 cm³/mol. The average molecular weight is 429 g/mol. The number of cyclic esters (lactones) is 1. The molecular formula is C22H36O8. The molecule has 172 valence electrons. The summed E-state index contributed by atoms with van der Waals surface area (Å²) in [4.78, 5) is 35.9. The molecule has 0 saturated heterocycles. The smallest absolute Gasteiger partial charge is 0.378 e. The van der Waals surface area contributed by atoms with Crippen LogP contribution in [0, 0.1) is 0 Å². The summed E-state index contributed by atoms with van der Waals surface area (Å²) in [6.07, 6.45) is 7.17. The predicted octanol–water partition coefficient (Wildman–Crippen LogP) is 3.85. The lowest BCUT2D eigenvalue weighted by Gasteiger charge is -2.22. The van der Waals surface area contributed by atoms with Crippen molar-refractivity contribution >= 4 is 17.9 Å². The maximum atomic E-state index is 12.1. The molecule has 0 aromatic rings. The topological polar surface area (TPSA) is 119 Å². The molecule has 0 unspecified atom stereocenters. The third-order valence-electron chi connectivity index (χ3n) is 4.91. The molecule has 8 heteroatoms. The third-order valence-corrected chi connectivity index (χ3v) is 4.91. The van der Waals surface area contributed by atoms with Crippen molar-refractivity contribution in [3.8, 4) is 0 Å². The van der Waals surface area contributed by atoms with Gasteiger partial charge in [-0.25, -0.2) is 4.79 Å². The van der Waals surface area contributed by atoms with E-state index in [9.17, 15) is 24.6 Å². The van der Waals surface area contributed by atoms with E-state index in [-0.39, 0.29) is 12.8 Å². The standard InChI is InChI=1S/C22H36O8/c1-3-5-7-9-11-13-17(24)28-16(15-23)20-21(19(26)22(27)30-20)29-18(25)14-12-10-8-6-4-2/h16,20,23,26H,3-15H2,1-2H3/t16-,20+/m0/s1. The zero-order chi connectivity index (χ0) is 22.4. The zero-order valence-electron chi connectivity index (χ0n) is 18.2. The second-order valence-electron chi connectivity index (χ2n) is 7.55. The Bertz CT molecular complexity index is 584. The van der Waals surface area contributed by atoms with Gasteiger partial charge >= 0.3 is 17.9 Å². The number of rotatable bonds is 16. The van der Waals surface area contributed by atoms with Crippen LogP contribution in [0.25, 0.3) is 0 Å². The van der Waals surface area contributed by atoms with E-state index >= 15 is 0 Å². The van der Waals surface area contributed by atoms with E-state index < -0.39 is 48.2 Å². The zero-order valence-corrected chi connectivity index (χ0v) is 18.2. The minimum atomic E-state index is -1.35. The van der Waals surface area contributed by atoms with Crippen molar-refractivity contribution in [2.24, 2.45) is 0 Å². The molecule has 1 heterocycles. The number of hydrogen-bond acceptors (Lipinski definition) is 8. The van der Waals surface area contributed by atoms with Crippen LogP contribution < -0.4 is 0 Å².